The van der Waals surface area contributed by atoms with E-state index in [2.05, 4.69) is 56.4 Å². The molecule has 1 N–H and O–H groups in total. The van der Waals surface area contributed by atoms with E-state index in [1.165, 1.54) is 51.4 Å². The summed E-state index contributed by atoms with van der Waals surface area (Å²) in [5.74, 6) is -1.58. The van der Waals surface area contributed by atoms with E-state index >= 15 is 0 Å². The monoisotopic (exact) mass is 795 g/mol. The SMILES string of the molecule is CC/C=C/C=C/C=C/C=C/C=C/CCCC(=O)OC(COCCC(C(=O)O)[N+](C)(C)C)COC(=O)CCCCCCCCCCCC/C=C/C/C=C/C/C=C/CC. The van der Waals surface area contributed by atoms with Crippen LogP contribution in [0.1, 0.15) is 142 Å². The molecule has 0 aromatic rings. The molecule has 8 nitrogen and oxygen atoms in total. The van der Waals surface area contributed by atoms with Crippen LogP contribution in [0.3, 0.4) is 0 Å². The number of esters is 2. The van der Waals surface area contributed by atoms with E-state index in [0.29, 0.717) is 19.3 Å². The van der Waals surface area contributed by atoms with Crippen LogP contribution in [0.2, 0.25) is 0 Å². The molecular weight excluding hydrogens is 715 g/mol. The zero-order chi connectivity index (χ0) is 42.1. The van der Waals surface area contributed by atoms with Crippen LogP contribution in [0.15, 0.2) is 97.2 Å². The Balaban J connectivity index is 4.40. The Hall–Kier alpha value is -3.75. The van der Waals surface area contributed by atoms with Crippen molar-refractivity contribution in [3.05, 3.63) is 97.2 Å². The average molecular weight is 795 g/mol. The lowest BCUT2D eigenvalue weighted by Crippen LogP contribution is -2.50. The van der Waals surface area contributed by atoms with E-state index in [4.69, 9.17) is 14.2 Å². The first kappa shape index (κ1) is 53.2. The molecule has 0 heterocycles. The minimum absolute atomic E-state index is 0.0251. The van der Waals surface area contributed by atoms with Crippen molar-refractivity contribution in [3.63, 3.8) is 0 Å². The second-order valence-electron chi connectivity index (χ2n) is 15.3. The molecule has 0 aliphatic heterocycles. The van der Waals surface area contributed by atoms with E-state index in [-0.39, 0.29) is 42.7 Å². The summed E-state index contributed by atoms with van der Waals surface area (Å²) in [5.41, 5.74) is 0. The highest BCUT2D eigenvalue weighted by Crippen LogP contribution is 2.14. The molecule has 322 valence electrons. The highest BCUT2D eigenvalue weighted by molar-refractivity contribution is 5.72. The van der Waals surface area contributed by atoms with Gasteiger partial charge < -0.3 is 23.8 Å². The number of unbranched alkanes of at least 4 members (excludes halogenated alkanes) is 11. The van der Waals surface area contributed by atoms with Crippen LogP contribution in [-0.4, -0.2) is 80.6 Å². The summed E-state index contributed by atoms with van der Waals surface area (Å²) in [5, 5.41) is 9.61. The van der Waals surface area contributed by atoms with Gasteiger partial charge >= 0.3 is 17.9 Å². The standard InChI is InChI=1S/C49H79NO7/c1-6-8-10-12-14-16-18-20-21-22-23-24-25-26-28-29-31-33-35-37-39-47(51)56-44-45(43-55-42-41-46(49(53)54)50(3,4)5)57-48(52)40-38-36-34-32-30-27-19-17-15-13-11-9-7-2/h8-11,13-17,19-21,27,30,32,34,45-46H,6-7,12,18,22-26,28-29,31,33,35-44H2,1-5H3/p+1/b10-8+,11-9+,15-13+,16-14+,19-17+,21-20+,30-27+,34-32+. The minimum Gasteiger partial charge on any atom is -0.477 e. The third kappa shape index (κ3) is 37.6. The van der Waals surface area contributed by atoms with Gasteiger partial charge in [-0.2, -0.15) is 0 Å². The summed E-state index contributed by atoms with van der Waals surface area (Å²) >= 11 is 0. The van der Waals surface area contributed by atoms with Gasteiger partial charge in [-0.1, -0.05) is 162 Å². The number of ether oxygens (including phenoxy) is 3. The third-order valence-corrected chi connectivity index (χ3v) is 9.11. The molecule has 8 heteroatoms. The number of allylic oxidation sites excluding steroid dienone is 16. The summed E-state index contributed by atoms with van der Waals surface area (Å²) < 4.78 is 17.2. The zero-order valence-corrected chi connectivity index (χ0v) is 36.5. The van der Waals surface area contributed by atoms with Gasteiger partial charge in [0.1, 0.15) is 6.61 Å². The molecule has 0 amide bonds. The quantitative estimate of drug-likeness (QED) is 0.0220. The topological polar surface area (TPSA) is 99.1 Å². The molecule has 0 aromatic heterocycles. The van der Waals surface area contributed by atoms with Crippen LogP contribution in [0, 0.1) is 0 Å². The molecule has 2 unspecified atom stereocenters. The molecule has 0 rings (SSSR count). The van der Waals surface area contributed by atoms with E-state index in [9.17, 15) is 19.5 Å². The first-order valence-electron chi connectivity index (χ1n) is 21.8. The number of hydrogen-bond acceptors (Lipinski definition) is 6. The van der Waals surface area contributed by atoms with Crippen molar-refractivity contribution in [1.29, 1.82) is 0 Å². The zero-order valence-electron chi connectivity index (χ0n) is 36.5. The van der Waals surface area contributed by atoms with Crippen molar-refractivity contribution < 1.29 is 38.2 Å². The lowest BCUT2D eigenvalue weighted by molar-refractivity contribution is -0.887. The van der Waals surface area contributed by atoms with Crippen molar-refractivity contribution in [2.75, 3.05) is 41.0 Å². The minimum atomic E-state index is -0.892. The number of carboxylic acid groups (broad SMARTS) is 1. The van der Waals surface area contributed by atoms with Gasteiger partial charge in [-0.05, 0) is 57.8 Å². The lowest BCUT2D eigenvalue weighted by atomic mass is 10.1. The van der Waals surface area contributed by atoms with Crippen LogP contribution >= 0.6 is 0 Å². The second kappa shape index (κ2) is 39.1. The first-order chi connectivity index (χ1) is 27.6. The van der Waals surface area contributed by atoms with Gasteiger partial charge in [0.2, 0.25) is 0 Å². The molecule has 0 aliphatic carbocycles. The van der Waals surface area contributed by atoms with Gasteiger partial charge in [-0.3, -0.25) is 9.59 Å². The number of carbonyl (C=O) groups excluding carboxylic acids is 2. The predicted octanol–water partition coefficient (Wildman–Crippen LogP) is 11.9. The van der Waals surface area contributed by atoms with E-state index < -0.39 is 18.1 Å². The smallest absolute Gasteiger partial charge is 0.362 e. The number of likely N-dealkylation sites (N-methyl/N-ethyl adjacent to an activating group) is 1. The summed E-state index contributed by atoms with van der Waals surface area (Å²) in [7, 11) is 5.48. The normalized spacial score (nSPS) is 13.9. The molecule has 0 saturated heterocycles. The highest BCUT2D eigenvalue weighted by Gasteiger charge is 2.31. The van der Waals surface area contributed by atoms with Crippen molar-refractivity contribution in [3.8, 4) is 0 Å². The number of hydrogen-bond donors (Lipinski definition) is 1. The fourth-order valence-electron chi connectivity index (χ4n) is 5.78. The Labute approximate surface area is 347 Å². The number of quaternary nitrogens is 1. The molecule has 0 aromatic carbocycles. The predicted molar refractivity (Wildman–Crippen MR) is 238 cm³/mol. The van der Waals surface area contributed by atoms with Gasteiger partial charge in [-0.15, -0.1) is 0 Å². The number of carbonyl (C=O) groups is 3. The van der Waals surface area contributed by atoms with Crippen molar-refractivity contribution >= 4 is 17.9 Å². The molecule has 0 radical (unpaired) electrons. The maximum atomic E-state index is 12.7. The second-order valence-corrected chi connectivity index (χ2v) is 15.3. The molecular formula is C49H80NO7+. The molecule has 0 saturated carbocycles. The average Bonchev–Trinajstić information content (AvgIpc) is 3.17. The van der Waals surface area contributed by atoms with Gasteiger partial charge in [0.05, 0.1) is 34.4 Å². The molecule has 0 bridgehead atoms. The van der Waals surface area contributed by atoms with Crippen LogP contribution in [-0.2, 0) is 28.6 Å². The van der Waals surface area contributed by atoms with Crippen molar-refractivity contribution in [1.82, 2.24) is 0 Å². The Morgan fingerprint density at radius 1 is 0.544 bits per heavy atom. The van der Waals surface area contributed by atoms with Gasteiger partial charge in [0, 0.05) is 19.3 Å². The van der Waals surface area contributed by atoms with Crippen LogP contribution in [0.5, 0.6) is 0 Å². The van der Waals surface area contributed by atoms with Gasteiger partial charge in [-0.25, -0.2) is 4.79 Å². The maximum absolute atomic E-state index is 12.7. The van der Waals surface area contributed by atoms with Crippen LogP contribution in [0.25, 0.3) is 0 Å². The lowest BCUT2D eigenvalue weighted by Gasteiger charge is -2.31. The summed E-state index contributed by atoms with van der Waals surface area (Å²) in [4.78, 5) is 36.9. The summed E-state index contributed by atoms with van der Waals surface area (Å²) in [6.45, 7) is 4.38. The van der Waals surface area contributed by atoms with Gasteiger partial charge in [0.25, 0.3) is 0 Å². The Kier molecular flexibility index (Phi) is 36.5. The van der Waals surface area contributed by atoms with Crippen LogP contribution in [0.4, 0.5) is 0 Å². The number of nitrogens with zero attached hydrogens (tertiary/aromatic N) is 1. The molecule has 2 atom stereocenters. The largest absolute Gasteiger partial charge is 0.477 e. The summed E-state index contributed by atoms with van der Waals surface area (Å²) in [6, 6.07) is -0.633. The maximum Gasteiger partial charge on any atom is 0.362 e. The fraction of sp³-hybridized carbons (Fsp3) is 0.612. The highest BCUT2D eigenvalue weighted by atomic mass is 16.6. The third-order valence-electron chi connectivity index (χ3n) is 9.11. The first-order valence-corrected chi connectivity index (χ1v) is 21.8. The van der Waals surface area contributed by atoms with E-state index in [1.807, 2.05) is 75.8 Å². The fourth-order valence-corrected chi connectivity index (χ4v) is 5.78. The van der Waals surface area contributed by atoms with E-state index in [1.54, 1.807) is 0 Å². The Morgan fingerprint density at radius 2 is 1.04 bits per heavy atom. The Morgan fingerprint density at radius 3 is 1.61 bits per heavy atom. The molecule has 0 aliphatic rings. The molecule has 0 spiro atoms. The van der Waals surface area contributed by atoms with Gasteiger partial charge in [0.15, 0.2) is 12.1 Å². The molecule has 0 fully saturated rings. The number of aliphatic carboxylic acids is 1. The van der Waals surface area contributed by atoms with Crippen LogP contribution < -0.4 is 0 Å². The summed E-state index contributed by atoms with van der Waals surface area (Å²) in [6.07, 6.45) is 51.8. The van der Waals surface area contributed by atoms with Crippen molar-refractivity contribution in [2.45, 2.75) is 154 Å². The number of carboxylic acids is 1. The number of rotatable bonds is 37. The van der Waals surface area contributed by atoms with E-state index in [0.717, 1.165) is 51.4 Å². The Bertz CT molecular complexity index is 1250. The molecule has 57 heavy (non-hydrogen) atoms. The van der Waals surface area contributed by atoms with Crippen molar-refractivity contribution in [2.24, 2.45) is 0 Å².